The molecule has 1 aliphatic carbocycles. The van der Waals surface area contributed by atoms with E-state index in [9.17, 15) is 8.78 Å². The number of hydrogen-bond donors (Lipinski definition) is 0. The third-order valence-electron chi connectivity index (χ3n) is 2.29. The molecule has 12 heavy (non-hydrogen) atoms. The van der Waals surface area contributed by atoms with E-state index in [1.165, 1.54) is 12.8 Å². The molecule has 0 unspecified atom stereocenters. The maximum atomic E-state index is 12.1. The van der Waals surface area contributed by atoms with Gasteiger partial charge in [-0.25, -0.2) is 8.78 Å². The van der Waals surface area contributed by atoms with Crippen molar-refractivity contribution in [2.24, 2.45) is 5.92 Å². The lowest BCUT2D eigenvalue weighted by Crippen LogP contribution is -2.36. The topological polar surface area (TPSA) is 3.24 Å². The van der Waals surface area contributed by atoms with Crippen LogP contribution in [0.25, 0.3) is 0 Å². The fourth-order valence-corrected chi connectivity index (χ4v) is 1.31. The monoisotopic (exact) mass is 177 g/mol. The summed E-state index contributed by atoms with van der Waals surface area (Å²) in [5.41, 5.74) is 0. The molecule has 0 radical (unpaired) electrons. The SMILES string of the molecule is CC(C)N(CC(F)F)CC1CC1. The molecule has 72 valence electrons. The summed E-state index contributed by atoms with van der Waals surface area (Å²) >= 11 is 0. The van der Waals surface area contributed by atoms with Crippen LogP contribution in [0.15, 0.2) is 0 Å². The van der Waals surface area contributed by atoms with Crippen LogP contribution in [-0.4, -0.2) is 30.5 Å². The van der Waals surface area contributed by atoms with Gasteiger partial charge in [-0.15, -0.1) is 0 Å². The van der Waals surface area contributed by atoms with Crippen LogP contribution in [-0.2, 0) is 0 Å². The van der Waals surface area contributed by atoms with E-state index in [0.717, 1.165) is 6.54 Å². The first kappa shape index (κ1) is 9.90. The Morgan fingerprint density at radius 1 is 1.33 bits per heavy atom. The van der Waals surface area contributed by atoms with Gasteiger partial charge in [-0.3, -0.25) is 4.90 Å². The predicted molar refractivity (Wildman–Crippen MR) is 45.4 cm³/mol. The highest BCUT2D eigenvalue weighted by molar-refractivity contribution is 4.78. The third-order valence-corrected chi connectivity index (χ3v) is 2.29. The molecule has 0 heterocycles. The van der Waals surface area contributed by atoms with E-state index in [1.54, 1.807) is 0 Å². The maximum Gasteiger partial charge on any atom is 0.251 e. The van der Waals surface area contributed by atoms with Crippen LogP contribution in [0.2, 0.25) is 0 Å². The molecule has 0 N–H and O–H groups in total. The minimum Gasteiger partial charge on any atom is -0.295 e. The van der Waals surface area contributed by atoms with E-state index in [-0.39, 0.29) is 12.6 Å². The normalized spacial score (nSPS) is 18.2. The van der Waals surface area contributed by atoms with Crippen LogP contribution in [0.5, 0.6) is 0 Å². The summed E-state index contributed by atoms with van der Waals surface area (Å²) in [6.45, 7) is 4.76. The van der Waals surface area contributed by atoms with E-state index >= 15 is 0 Å². The Morgan fingerprint density at radius 3 is 2.25 bits per heavy atom. The highest BCUT2D eigenvalue weighted by Gasteiger charge is 2.26. The van der Waals surface area contributed by atoms with Gasteiger partial charge in [-0.2, -0.15) is 0 Å². The Balaban J connectivity index is 2.26. The third kappa shape index (κ3) is 3.48. The Kier molecular flexibility index (Phi) is 3.44. The summed E-state index contributed by atoms with van der Waals surface area (Å²) in [7, 11) is 0. The molecule has 0 amide bonds. The molecule has 0 saturated heterocycles. The van der Waals surface area contributed by atoms with Gasteiger partial charge in [0.2, 0.25) is 0 Å². The average molecular weight is 177 g/mol. The second-order valence-electron chi connectivity index (χ2n) is 3.88. The van der Waals surface area contributed by atoms with E-state index in [4.69, 9.17) is 0 Å². The van der Waals surface area contributed by atoms with Crippen LogP contribution in [0.4, 0.5) is 8.78 Å². The summed E-state index contributed by atoms with van der Waals surface area (Å²) in [6.07, 6.45) is 0.269. The van der Waals surface area contributed by atoms with Crippen LogP contribution >= 0.6 is 0 Å². The molecule has 0 aromatic carbocycles. The molecule has 1 rings (SSSR count). The van der Waals surface area contributed by atoms with Crippen LogP contribution in [0, 0.1) is 5.92 Å². The summed E-state index contributed by atoms with van der Waals surface area (Å²) < 4.78 is 24.1. The van der Waals surface area contributed by atoms with E-state index in [2.05, 4.69) is 0 Å². The molecule has 0 bridgehead atoms. The fourth-order valence-electron chi connectivity index (χ4n) is 1.31. The van der Waals surface area contributed by atoms with Crippen molar-refractivity contribution in [2.45, 2.75) is 39.2 Å². The second-order valence-corrected chi connectivity index (χ2v) is 3.88. The van der Waals surface area contributed by atoms with Gasteiger partial charge in [0.15, 0.2) is 0 Å². The first-order valence-corrected chi connectivity index (χ1v) is 4.61. The van der Waals surface area contributed by atoms with Crippen molar-refractivity contribution in [1.82, 2.24) is 4.90 Å². The molecular formula is C9H17F2N. The smallest absolute Gasteiger partial charge is 0.251 e. The number of rotatable bonds is 5. The van der Waals surface area contributed by atoms with Gasteiger partial charge in [0.1, 0.15) is 0 Å². The zero-order chi connectivity index (χ0) is 9.14. The summed E-state index contributed by atoms with van der Waals surface area (Å²) in [6, 6.07) is 0.250. The van der Waals surface area contributed by atoms with Gasteiger partial charge < -0.3 is 0 Å². The van der Waals surface area contributed by atoms with Crippen molar-refractivity contribution < 1.29 is 8.78 Å². The van der Waals surface area contributed by atoms with E-state index in [0.29, 0.717) is 5.92 Å². The Bertz CT molecular complexity index is 128. The Labute approximate surface area is 72.7 Å². The zero-order valence-electron chi connectivity index (χ0n) is 7.76. The Hall–Kier alpha value is -0.180. The lowest BCUT2D eigenvalue weighted by atomic mass is 10.3. The number of nitrogens with zero attached hydrogens (tertiary/aromatic N) is 1. The lowest BCUT2D eigenvalue weighted by Gasteiger charge is -2.25. The van der Waals surface area contributed by atoms with Gasteiger partial charge in [0.25, 0.3) is 6.43 Å². The average Bonchev–Trinajstić information content (AvgIpc) is 2.68. The molecule has 0 spiro atoms. The lowest BCUT2D eigenvalue weighted by molar-refractivity contribution is 0.0705. The minimum absolute atomic E-state index is 0.0613. The van der Waals surface area contributed by atoms with E-state index in [1.807, 2.05) is 18.7 Å². The largest absolute Gasteiger partial charge is 0.295 e. The fraction of sp³-hybridized carbons (Fsp3) is 1.00. The zero-order valence-corrected chi connectivity index (χ0v) is 7.76. The Morgan fingerprint density at radius 2 is 1.92 bits per heavy atom. The van der Waals surface area contributed by atoms with Crippen LogP contribution in [0.3, 0.4) is 0 Å². The quantitative estimate of drug-likeness (QED) is 0.623. The predicted octanol–water partition coefficient (Wildman–Crippen LogP) is 2.37. The van der Waals surface area contributed by atoms with Crippen molar-refractivity contribution in [1.29, 1.82) is 0 Å². The van der Waals surface area contributed by atoms with Gasteiger partial charge in [0, 0.05) is 12.6 Å². The molecule has 0 atom stereocenters. The molecule has 0 aliphatic heterocycles. The van der Waals surface area contributed by atoms with Gasteiger partial charge in [-0.05, 0) is 32.6 Å². The van der Waals surface area contributed by atoms with Crippen molar-refractivity contribution in [3.05, 3.63) is 0 Å². The molecule has 0 aromatic rings. The maximum absolute atomic E-state index is 12.1. The molecule has 3 heteroatoms. The molecular weight excluding hydrogens is 160 g/mol. The summed E-state index contributed by atoms with van der Waals surface area (Å²) in [5, 5.41) is 0. The molecule has 1 fully saturated rings. The summed E-state index contributed by atoms with van der Waals surface area (Å²) in [4.78, 5) is 1.88. The van der Waals surface area contributed by atoms with Crippen LogP contribution < -0.4 is 0 Å². The van der Waals surface area contributed by atoms with Crippen molar-refractivity contribution in [3.8, 4) is 0 Å². The molecule has 0 aromatic heterocycles. The van der Waals surface area contributed by atoms with Crippen molar-refractivity contribution >= 4 is 0 Å². The van der Waals surface area contributed by atoms with Gasteiger partial charge in [-0.1, -0.05) is 0 Å². The highest BCUT2D eigenvalue weighted by Crippen LogP contribution is 2.30. The molecule has 1 nitrogen and oxygen atoms in total. The first-order valence-electron chi connectivity index (χ1n) is 4.61. The van der Waals surface area contributed by atoms with Gasteiger partial charge >= 0.3 is 0 Å². The molecule has 1 aliphatic rings. The standard InChI is InChI=1S/C9H17F2N/c1-7(2)12(6-9(10)11)5-8-3-4-8/h7-9H,3-6H2,1-2H3. The number of halogens is 2. The molecule has 1 saturated carbocycles. The van der Waals surface area contributed by atoms with Crippen molar-refractivity contribution in [2.75, 3.05) is 13.1 Å². The van der Waals surface area contributed by atoms with Crippen molar-refractivity contribution in [3.63, 3.8) is 0 Å². The second kappa shape index (κ2) is 4.17. The number of alkyl halides is 2. The van der Waals surface area contributed by atoms with Crippen LogP contribution in [0.1, 0.15) is 26.7 Å². The van der Waals surface area contributed by atoms with E-state index < -0.39 is 6.43 Å². The number of hydrogen-bond acceptors (Lipinski definition) is 1. The highest BCUT2D eigenvalue weighted by atomic mass is 19.3. The van der Waals surface area contributed by atoms with Gasteiger partial charge in [0.05, 0.1) is 6.54 Å². The first-order chi connectivity index (χ1) is 5.59. The summed E-state index contributed by atoms with van der Waals surface area (Å²) in [5.74, 6) is 0.700. The minimum atomic E-state index is -2.19.